The smallest absolute Gasteiger partial charge is 0.267 e. The first-order chi connectivity index (χ1) is 12.9. The van der Waals surface area contributed by atoms with Crippen molar-refractivity contribution in [3.63, 3.8) is 0 Å². The molecular weight excluding hydrogens is 368 g/mol. The van der Waals surface area contributed by atoms with E-state index in [1.807, 2.05) is 43.7 Å². The first-order valence-electron chi connectivity index (χ1n) is 8.57. The molecule has 0 unspecified atom stereocenters. The fraction of sp³-hybridized carbons (Fsp3) is 0.368. The lowest BCUT2D eigenvalue weighted by Gasteiger charge is -2.09. The Morgan fingerprint density at radius 1 is 1.26 bits per heavy atom. The quantitative estimate of drug-likeness (QED) is 0.702. The van der Waals surface area contributed by atoms with E-state index in [1.165, 1.54) is 0 Å². The maximum absolute atomic E-state index is 12.7. The predicted molar refractivity (Wildman–Crippen MR) is 105 cm³/mol. The van der Waals surface area contributed by atoms with E-state index >= 15 is 0 Å². The van der Waals surface area contributed by atoms with Crippen LogP contribution in [0.25, 0.3) is 10.9 Å². The molecule has 2 aromatic heterocycles. The molecule has 1 N–H and O–H groups in total. The van der Waals surface area contributed by atoms with Crippen LogP contribution in [-0.4, -0.2) is 41.0 Å². The number of nitrogens with zero attached hydrogens (tertiary/aromatic N) is 3. The average Bonchev–Trinajstić information content (AvgIpc) is 3.12. The van der Waals surface area contributed by atoms with Crippen LogP contribution in [-0.2, 0) is 13.6 Å². The molecule has 27 heavy (non-hydrogen) atoms. The molecule has 7 nitrogen and oxygen atoms in total. The number of methoxy groups -OCH3 is 2. The molecule has 0 saturated carbocycles. The number of aryl methyl sites for hydroxylation is 2. The monoisotopic (exact) mass is 390 g/mol. The van der Waals surface area contributed by atoms with Crippen LogP contribution < -0.4 is 14.8 Å². The van der Waals surface area contributed by atoms with Gasteiger partial charge in [-0.3, -0.25) is 9.48 Å². The molecule has 0 bridgehead atoms. The van der Waals surface area contributed by atoms with Gasteiger partial charge in [0.25, 0.3) is 5.91 Å². The van der Waals surface area contributed by atoms with E-state index in [-0.39, 0.29) is 5.91 Å². The number of halogens is 1. The van der Waals surface area contributed by atoms with Crippen LogP contribution in [0.3, 0.4) is 0 Å². The fourth-order valence-corrected chi connectivity index (χ4v) is 3.35. The molecule has 1 aromatic carbocycles. The molecule has 2 heterocycles. The molecule has 0 aliphatic heterocycles. The van der Waals surface area contributed by atoms with Gasteiger partial charge in [-0.05, 0) is 32.0 Å². The Morgan fingerprint density at radius 3 is 2.59 bits per heavy atom. The van der Waals surface area contributed by atoms with Crippen LogP contribution in [0.2, 0.25) is 5.02 Å². The zero-order chi connectivity index (χ0) is 19.7. The Labute approximate surface area is 162 Å². The summed E-state index contributed by atoms with van der Waals surface area (Å²) in [5, 5.41) is 8.80. The number of amides is 1. The van der Waals surface area contributed by atoms with Gasteiger partial charge in [-0.15, -0.1) is 0 Å². The van der Waals surface area contributed by atoms with Crippen molar-refractivity contribution in [1.82, 2.24) is 19.7 Å². The molecule has 0 radical (unpaired) electrons. The van der Waals surface area contributed by atoms with Crippen LogP contribution >= 0.6 is 11.6 Å². The standard InChI is InChI=1S/C19H23ClN4O3/c1-11-17(20)12(2)24(22-11)9-8-21-19(25)15-10-13-14(23(15)3)6-7-16(26-4)18(13)27-5/h6-7,10H,8-9H2,1-5H3,(H,21,25). The number of aromatic nitrogens is 3. The SMILES string of the molecule is COc1ccc2c(cc(C(=O)NCCn3nc(C)c(Cl)c3C)n2C)c1OC. The maximum Gasteiger partial charge on any atom is 0.267 e. The minimum Gasteiger partial charge on any atom is -0.493 e. The molecule has 3 rings (SSSR count). The van der Waals surface area contributed by atoms with Crippen LogP contribution in [0.4, 0.5) is 0 Å². The normalized spacial score (nSPS) is 11.0. The summed E-state index contributed by atoms with van der Waals surface area (Å²) in [6.45, 7) is 4.76. The van der Waals surface area contributed by atoms with E-state index in [4.69, 9.17) is 21.1 Å². The van der Waals surface area contributed by atoms with Crippen LogP contribution in [0.5, 0.6) is 11.5 Å². The Hall–Kier alpha value is -2.67. The van der Waals surface area contributed by atoms with E-state index in [0.29, 0.717) is 35.3 Å². The molecule has 0 atom stereocenters. The predicted octanol–water partition coefficient (Wildman–Crippen LogP) is 3.09. The van der Waals surface area contributed by atoms with E-state index in [1.54, 1.807) is 18.9 Å². The van der Waals surface area contributed by atoms with Gasteiger partial charge in [-0.2, -0.15) is 5.10 Å². The van der Waals surface area contributed by atoms with Gasteiger partial charge in [0, 0.05) is 19.0 Å². The number of carbonyl (C=O) groups is 1. The lowest BCUT2D eigenvalue weighted by atomic mass is 10.2. The van der Waals surface area contributed by atoms with Crippen molar-refractivity contribution < 1.29 is 14.3 Å². The van der Waals surface area contributed by atoms with Gasteiger partial charge in [0.2, 0.25) is 0 Å². The number of benzene rings is 1. The number of fused-ring (bicyclic) bond motifs is 1. The second-order valence-electron chi connectivity index (χ2n) is 6.29. The Bertz CT molecular complexity index is 1010. The number of hydrogen-bond donors (Lipinski definition) is 1. The molecule has 3 aromatic rings. The largest absolute Gasteiger partial charge is 0.493 e. The Kier molecular flexibility index (Phi) is 5.32. The highest BCUT2D eigenvalue weighted by Gasteiger charge is 2.18. The van der Waals surface area contributed by atoms with Gasteiger partial charge in [0.1, 0.15) is 5.69 Å². The molecule has 0 spiro atoms. The van der Waals surface area contributed by atoms with Gasteiger partial charge >= 0.3 is 0 Å². The van der Waals surface area contributed by atoms with Crippen molar-refractivity contribution in [2.45, 2.75) is 20.4 Å². The first-order valence-corrected chi connectivity index (χ1v) is 8.95. The van der Waals surface area contributed by atoms with Crippen molar-refractivity contribution in [2.75, 3.05) is 20.8 Å². The number of rotatable bonds is 6. The average molecular weight is 391 g/mol. The summed E-state index contributed by atoms with van der Waals surface area (Å²) in [4.78, 5) is 12.7. The summed E-state index contributed by atoms with van der Waals surface area (Å²) in [5.74, 6) is 1.08. The van der Waals surface area contributed by atoms with E-state index in [0.717, 1.165) is 22.3 Å². The third kappa shape index (κ3) is 3.35. The van der Waals surface area contributed by atoms with Gasteiger partial charge in [-0.25, -0.2) is 0 Å². The van der Waals surface area contributed by atoms with Crippen molar-refractivity contribution in [1.29, 1.82) is 0 Å². The maximum atomic E-state index is 12.7. The number of nitrogens with one attached hydrogen (secondary N) is 1. The molecule has 1 amide bonds. The zero-order valence-corrected chi connectivity index (χ0v) is 16.8. The van der Waals surface area contributed by atoms with Gasteiger partial charge < -0.3 is 19.4 Å². The summed E-state index contributed by atoms with van der Waals surface area (Å²) < 4.78 is 14.4. The summed E-state index contributed by atoms with van der Waals surface area (Å²) >= 11 is 6.16. The lowest BCUT2D eigenvalue weighted by Crippen LogP contribution is -2.29. The highest BCUT2D eigenvalue weighted by molar-refractivity contribution is 6.31. The summed E-state index contributed by atoms with van der Waals surface area (Å²) in [7, 11) is 5.03. The minimum atomic E-state index is -0.164. The summed E-state index contributed by atoms with van der Waals surface area (Å²) in [6, 6.07) is 5.55. The zero-order valence-electron chi connectivity index (χ0n) is 16.1. The van der Waals surface area contributed by atoms with Crippen LogP contribution in [0.15, 0.2) is 18.2 Å². The van der Waals surface area contributed by atoms with Gasteiger partial charge in [-0.1, -0.05) is 11.6 Å². The molecule has 0 fully saturated rings. The fourth-order valence-electron chi connectivity index (χ4n) is 3.21. The second-order valence-corrected chi connectivity index (χ2v) is 6.66. The Morgan fingerprint density at radius 2 is 2.00 bits per heavy atom. The van der Waals surface area contributed by atoms with Crippen molar-refractivity contribution >= 4 is 28.4 Å². The second kappa shape index (κ2) is 7.52. The summed E-state index contributed by atoms with van der Waals surface area (Å²) in [5.41, 5.74) is 3.12. The third-order valence-electron chi connectivity index (χ3n) is 4.70. The topological polar surface area (TPSA) is 70.3 Å². The Balaban J connectivity index is 1.79. The molecule has 8 heteroatoms. The van der Waals surface area contributed by atoms with Crippen LogP contribution in [0, 0.1) is 13.8 Å². The van der Waals surface area contributed by atoms with E-state index in [9.17, 15) is 4.79 Å². The van der Waals surface area contributed by atoms with E-state index < -0.39 is 0 Å². The number of hydrogen-bond acceptors (Lipinski definition) is 4. The molecule has 0 aliphatic rings. The molecular formula is C19H23ClN4O3. The highest BCUT2D eigenvalue weighted by Crippen LogP contribution is 2.36. The molecule has 0 saturated heterocycles. The van der Waals surface area contributed by atoms with Crippen molar-refractivity contribution in [3.8, 4) is 11.5 Å². The number of carbonyl (C=O) groups excluding carboxylic acids is 1. The molecule has 0 aliphatic carbocycles. The van der Waals surface area contributed by atoms with Crippen molar-refractivity contribution in [2.24, 2.45) is 7.05 Å². The van der Waals surface area contributed by atoms with Crippen LogP contribution in [0.1, 0.15) is 21.9 Å². The molecule has 144 valence electrons. The van der Waals surface area contributed by atoms with E-state index in [2.05, 4.69) is 10.4 Å². The van der Waals surface area contributed by atoms with Gasteiger partial charge in [0.15, 0.2) is 11.5 Å². The van der Waals surface area contributed by atoms with Crippen molar-refractivity contribution in [3.05, 3.63) is 40.3 Å². The first kappa shape index (κ1) is 19.1. The highest BCUT2D eigenvalue weighted by atomic mass is 35.5. The number of ether oxygens (including phenoxy) is 2. The summed E-state index contributed by atoms with van der Waals surface area (Å²) in [6.07, 6.45) is 0. The third-order valence-corrected chi connectivity index (χ3v) is 5.25. The minimum absolute atomic E-state index is 0.164. The lowest BCUT2D eigenvalue weighted by molar-refractivity contribution is 0.0944. The van der Waals surface area contributed by atoms with Gasteiger partial charge in [0.05, 0.1) is 42.7 Å².